The van der Waals surface area contributed by atoms with Crippen LogP contribution in [-0.2, 0) is 21.4 Å². The fraction of sp³-hybridized carbons (Fsp3) is 0.278. The number of carbonyl (C=O) groups is 1. The number of rotatable bonds is 8. The van der Waals surface area contributed by atoms with Gasteiger partial charge in [0.2, 0.25) is 15.9 Å². The van der Waals surface area contributed by atoms with E-state index in [1.165, 1.54) is 13.2 Å². The molecule has 0 spiro atoms. The fourth-order valence-electron chi connectivity index (χ4n) is 2.38. The van der Waals surface area contributed by atoms with Gasteiger partial charge in [0.25, 0.3) is 0 Å². The Morgan fingerprint density at radius 1 is 1.19 bits per heavy atom. The fourth-order valence-corrected chi connectivity index (χ4v) is 3.56. The number of hydrogen-bond acceptors (Lipinski definition) is 4. The Balaban J connectivity index is 2.02. The van der Waals surface area contributed by atoms with Crippen LogP contribution in [0, 0.1) is 0 Å². The Morgan fingerprint density at radius 3 is 2.46 bits per heavy atom. The molecule has 0 unspecified atom stereocenters. The molecule has 0 fully saturated rings. The Labute approximate surface area is 158 Å². The normalized spacial score (nSPS) is 11.0. The highest BCUT2D eigenvalue weighted by Crippen LogP contribution is 2.30. The van der Waals surface area contributed by atoms with E-state index >= 15 is 0 Å². The van der Waals surface area contributed by atoms with Gasteiger partial charge in [-0.25, -0.2) is 8.42 Å². The number of sulfonamides is 1. The van der Waals surface area contributed by atoms with E-state index in [1.807, 2.05) is 30.3 Å². The average molecular weight is 397 g/mol. The molecule has 1 amide bonds. The largest absolute Gasteiger partial charge is 0.495 e. The lowest BCUT2D eigenvalue weighted by Crippen LogP contribution is -2.34. The van der Waals surface area contributed by atoms with E-state index < -0.39 is 10.0 Å². The van der Waals surface area contributed by atoms with E-state index in [-0.39, 0.29) is 18.9 Å². The lowest BCUT2D eigenvalue weighted by molar-refractivity contribution is -0.121. The molecule has 2 rings (SSSR count). The maximum atomic E-state index is 12.1. The molecule has 26 heavy (non-hydrogen) atoms. The first-order valence-corrected chi connectivity index (χ1v) is 10.2. The molecule has 0 aliphatic rings. The number of benzene rings is 2. The summed E-state index contributed by atoms with van der Waals surface area (Å²) < 4.78 is 30.4. The van der Waals surface area contributed by atoms with Crippen LogP contribution in [0.5, 0.6) is 5.75 Å². The van der Waals surface area contributed by atoms with Gasteiger partial charge >= 0.3 is 0 Å². The van der Waals surface area contributed by atoms with E-state index in [0.29, 0.717) is 23.0 Å². The number of nitrogens with one attached hydrogen (secondary N) is 1. The number of nitrogens with zero attached hydrogens (tertiary/aromatic N) is 1. The predicted octanol–water partition coefficient (Wildman–Crippen LogP) is 2.82. The Hall–Kier alpha value is -2.25. The van der Waals surface area contributed by atoms with E-state index in [4.69, 9.17) is 16.3 Å². The third-order valence-corrected chi connectivity index (χ3v) is 5.19. The van der Waals surface area contributed by atoms with E-state index in [0.717, 1.165) is 16.1 Å². The summed E-state index contributed by atoms with van der Waals surface area (Å²) in [6.07, 6.45) is 1.12. The number of methoxy groups -OCH3 is 1. The summed E-state index contributed by atoms with van der Waals surface area (Å²) in [5, 5.41) is 3.08. The van der Waals surface area contributed by atoms with Gasteiger partial charge in [-0.2, -0.15) is 0 Å². The van der Waals surface area contributed by atoms with Crippen molar-refractivity contribution in [3.63, 3.8) is 0 Å². The lowest BCUT2D eigenvalue weighted by Gasteiger charge is -2.22. The molecular weight excluding hydrogens is 376 g/mol. The molecule has 1 N–H and O–H groups in total. The van der Waals surface area contributed by atoms with Crippen molar-refractivity contribution in [2.24, 2.45) is 0 Å². The topological polar surface area (TPSA) is 75.7 Å². The highest BCUT2D eigenvalue weighted by atomic mass is 35.5. The minimum Gasteiger partial charge on any atom is -0.495 e. The number of amides is 1. The number of anilines is 1. The van der Waals surface area contributed by atoms with Crippen molar-refractivity contribution in [2.75, 3.05) is 24.2 Å². The molecule has 0 saturated heterocycles. The van der Waals surface area contributed by atoms with Gasteiger partial charge in [-0.15, -0.1) is 0 Å². The average Bonchev–Trinajstić information content (AvgIpc) is 2.60. The predicted molar refractivity (Wildman–Crippen MR) is 103 cm³/mol. The lowest BCUT2D eigenvalue weighted by atomic mass is 10.2. The van der Waals surface area contributed by atoms with Crippen LogP contribution in [0.15, 0.2) is 48.5 Å². The van der Waals surface area contributed by atoms with Crippen molar-refractivity contribution in [3.05, 3.63) is 59.1 Å². The number of hydrogen-bond donors (Lipinski definition) is 1. The van der Waals surface area contributed by atoms with Gasteiger partial charge < -0.3 is 10.1 Å². The molecule has 140 valence electrons. The van der Waals surface area contributed by atoms with Crippen LogP contribution in [0.3, 0.4) is 0 Å². The monoisotopic (exact) mass is 396 g/mol. The molecule has 8 heteroatoms. The van der Waals surface area contributed by atoms with Crippen LogP contribution < -0.4 is 14.4 Å². The van der Waals surface area contributed by atoms with E-state index in [2.05, 4.69) is 5.32 Å². The summed E-state index contributed by atoms with van der Waals surface area (Å²) in [7, 11) is -2.08. The van der Waals surface area contributed by atoms with Gasteiger partial charge in [-0.05, 0) is 23.8 Å². The first-order valence-electron chi connectivity index (χ1n) is 7.93. The maximum absolute atomic E-state index is 12.1. The van der Waals surface area contributed by atoms with Crippen molar-refractivity contribution < 1.29 is 17.9 Å². The van der Waals surface area contributed by atoms with Crippen LogP contribution in [0.2, 0.25) is 5.02 Å². The van der Waals surface area contributed by atoms with Crippen LogP contribution in [0.4, 0.5) is 5.69 Å². The third kappa shape index (κ3) is 5.64. The molecule has 0 aliphatic carbocycles. The van der Waals surface area contributed by atoms with Gasteiger partial charge in [0, 0.05) is 19.5 Å². The first-order chi connectivity index (χ1) is 12.3. The van der Waals surface area contributed by atoms with Gasteiger partial charge in [0.15, 0.2) is 0 Å². The van der Waals surface area contributed by atoms with Crippen molar-refractivity contribution in [1.29, 1.82) is 0 Å². The van der Waals surface area contributed by atoms with Gasteiger partial charge in [-0.1, -0.05) is 41.9 Å². The summed E-state index contributed by atoms with van der Waals surface area (Å²) >= 11 is 6.08. The molecule has 0 radical (unpaired) electrons. The quantitative estimate of drug-likeness (QED) is 0.744. The highest BCUT2D eigenvalue weighted by Gasteiger charge is 2.19. The SMILES string of the molecule is COc1ccc(N(CCC(=O)NCc2ccccc2)S(C)(=O)=O)cc1Cl. The Bertz CT molecular complexity index is 857. The minimum atomic E-state index is -3.56. The molecule has 2 aromatic rings. The summed E-state index contributed by atoms with van der Waals surface area (Å²) in [5.41, 5.74) is 1.36. The zero-order valence-electron chi connectivity index (χ0n) is 14.6. The zero-order valence-corrected chi connectivity index (χ0v) is 16.2. The second-order valence-electron chi connectivity index (χ2n) is 5.67. The molecule has 2 aromatic carbocycles. The zero-order chi connectivity index (χ0) is 19.2. The Kier molecular flexibility index (Phi) is 6.88. The molecule has 0 heterocycles. The van der Waals surface area contributed by atoms with Crippen LogP contribution in [-0.4, -0.2) is 34.2 Å². The number of ether oxygens (including phenoxy) is 1. The smallest absolute Gasteiger partial charge is 0.232 e. The standard InChI is InChI=1S/C18H21ClN2O4S/c1-25-17-9-8-15(12-16(17)19)21(26(2,23)24)11-10-18(22)20-13-14-6-4-3-5-7-14/h3-9,12H,10-11,13H2,1-2H3,(H,20,22). The van der Waals surface area contributed by atoms with Crippen molar-refractivity contribution in [2.45, 2.75) is 13.0 Å². The summed E-state index contributed by atoms with van der Waals surface area (Å²) in [4.78, 5) is 12.1. The van der Waals surface area contributed by atoms with Crippen molar-refractivity contribution >= 4 is 33.2 Å². The maximum Gasteiger partial charge on any atom is 0.232 e. The summed E-state index contributed by atoms with van der Waals surface area (Å²) in [5.74, 6) is 0.214. The molecule has 0 aliphatic heterocycles. The summed E-state index contributed by atoms with van der Waals surface area (Å²) in [6, 6.07) is 14.2. The van der Waals surface area contributed by atoms with Crippen LogP contribution in [0.1, 0.15) is 12.0 Å². The second-order valence-corrected chi connectivity index (χ2v) is 7.98. The molecule has 0 saturated carbocycles. The number of halogens is 1. The van der Waals surface area contributed by atoms with E-state index in [9.17, 15) is 13.2 Å². The van der Waals surface area contributed by atoms with Gasteiger partial charge in [-0.3, -0.25) is 9.10 Å². The molecule has 0 aromatic heterocycles. The minimum absolute atomic E-state index is 0.0160. The van der Waals surface area contributed by atoms with Gasteiger partial charge in [0.05, 0.1) is 24.1 Å². The molecule has 6 nitrogen and oxygen atoms in total. The van der Waals surface area contributed by atoms with Gasteiger partial charge in [0.1, 0.15) is 5.75 Å². The first kappa shape index (κ1) is 20.1. The molecule has 0 bridgehead atoms. The van der Waals surface area contributed by atoms with Crippen molar-refractivity contribution in [1.82, 2.24) is 5.32 Å². The molecular formula is C18H21ClN2O4S. The summed E-state index contributed by atoms with van der Waals surface area (Å²) in [6.45, 7) is 0.412. The highest BCUT2D eigenvalue weighted by molar-refractivity contribution is 7.92. The Morgan fingerprint density at radius 2 is 1.88 bits per heavy atom. The van der Waals surface area contributed by atoms with Crippen molar-refractivity contribution in [3.8, 4) is 5.75 Å². The van der Waals surface area contributed by atoms with Crippen LogP contribution in [0.25, 0.3) is 0 Å². The second kappa shape index (κ2) is 8.91. The van der Waals surface area contributed by atoms with Crippen LogP contribution >= 0.6 is 11.6 Å². The number of carbonyl (C=O) groups excluding carboxylic acids is 1. The van der Waals surface area contributed by atoms with E-state index in [1.54, 1.807) is 12.1 Å². The molecule has 0 atom stereocenters. The third-order valence-electron chi connectivity index (χ3n) is 3.70.